The van der Waals surface area contributed by atoms with Crippen LogP contribution in [-0.2, 0) is 21.2 Å². The van der Waals surface area contributed by atoms with Crippen LogP contribution in [0.25, 0.3) is 0 Å². The minimum atomic E-state index is -3.77. The molecule has 9 heteroatoms. The Bertz CT molecular complexity index is 1280. The van der Waals surface area contributed by atoms with E-state index in [0.29, 0.717) is 23.7 Å². The van der Waals surface area contributed by atoms with Gasteiger partial charge in [0.25, 0.3) is 5.91 Å². The van der Waals surface area contributed by atoms with E-state index in [1.807, 2.05) is 30.3 Å². The maximum atomic E-state index is 12.8. The first-order valence-electron chi connectivity index (χ1n) is 10.6. The summed E-state index contributed by atoms with van der Waals surface area (Å²) in [4.78, 5) is 25.5. The lowest BCUT2D eigenvalue weighted by Gasteiger charge is -2.22. The highest BCUT2D eigenvalue weighted by atomic mass is 35.5. The molecule has 0 bridgehead atoms. The number of nitrogens with one attached hydrogen (secondary N) is 2. The van der Waals surface area contributed by atoms with E-state index in [2.05, 4.69) is 10.6 Å². The monoisotopic (exact) mass is 499 g/mol. The topological polar surface area (TPSA) is 95.6 Å². The average Bonchev–Trinajstić information content (AvgIpc) is 2.79. The van der Waals surface area contributed by atoms with Crippen LogP contribution >= 0.6 is 11.6 Å². The van der Waals surface area contributed by atoms with E-state index < -0.39 is 22.5 Å². The molecule has 0 saturated heterocycles. The molecule has 0 aliphatic rings. The van der Waals surface area contributed by atoms with E-state index in [-0.39, 0.29) is 17.2 Å². The van der Waals surface area contributed by atoms with E-state index in [0.717, 1.165) is 21.7 Å². The molecule has 0 radical (unpaired) electrons. The van der Waals surface area contributed by atoms with E-state index in [9.17, 15) is 18.0 Å². The number of para-hydroxylation sites is 1. The van der Waals surface area contributed by atoms with Crippen LogP contribution in [0.3, 0.4) is 0 Å². The zero-order valence-corrected chi connectivity index (χ0v) is 20.5. The number of amides is 2. The van der Waals surface area contributed by atoms with Gasteiger partial charge in [0, 0.05) is 11.6 Å². The molecule has 2 amide bonds. The molecule has 0 aliphatic carbocycles. The van der Waals surface area contributed by atoms with Gasteiger partial charge in [-0.25, -0.2) is 8.42 Å². The van der Waals surface area contributed by atoms with Gasteiger partial charge in [0.1, 0.15) is 6.54 Å². The van der Waals surface area contributed by atoms with E-state index in [4.69, 9.17) is 11.6 Å². The number of hydrogen-bond donors (Lipinski definition) is 2. The molecule has 7 nitrogen and oxygen atoms in total. The molecule has 0 spiro atoms. The van der Waals surface area contributed by atoms with Crippen molar-refractivity contribution in [1.82, 2.24) is 5.32 Å². The van der Waals surface area contributed by atoms with Crippen molar-refractivity contribution in [3.05, 3.63) is 94.5 Å². The first-order valence-corrected chi connectivity index (χ1v) is 12.8. The van der Waals surface area contributed by atoms with Crippen molar-refractivity contribution in [2.24, 2.45) is 0 Å². The molecule has 0 aliphatic heterocycles. The molecule has 3 aromatic rings. The summed E-state index contributed by atoms with van der Waals surface area (Å²) in [5, 5.41) is 5.90. The molecule has 34 heavy (non-hydrogen) atoms. The van der Waals surface area contributed by atoms with Crippen LogP contribution in [0, 0.1) is 6.92 Å². The van der Waals surface area contributed by atoms with Gasteiger partial charge in [0.15, 0.2) is 0 Å². The average molecular weight is 500 g/mol. The fourth-order valence-electron chi connectivity index (χ4n) is 3.31. The number of rotatable bonds is 9. The van der Waals surface area contributed by atoms with Gasteiger partial charge >= 0.3 is 0 Å². The molecule has 0 unspecified atom stereocenters. The number of anilines is 2. The summed E-state index contributed by atoms with van der Waals surface area (Å²) in [6.45, 7) is 1.76. The molecule has 3 rings (SSSR count). The lowest BCUT2D eigenvalue weighted by molar-refractivity contribution is -0.114. The van der Waals surface area contributed by atoms with Crippen molar-refractivity contribution in [1.29, 1.82) is 0 Å². The van der Waals surface area contributed by atoms with Gasteiger partial charge in [-0.1, -0.05) is 60.1 Å². The minimum Gasteiger partial charge on any atom is -0.352 e. The van der Waals surface area contributed by atoms with Crippen molar-refractivity contribution in [3.8, 4) is 0 Å². The Balaban J connectivity index is 1.70. The maximum absolute atomic E-state index is 12.8. The number of hydrogen-bond acceptors (Lipinski definition) is 4. The number of benzene rings is 3. The molecular weight excluding hydrogens is 474 g/mol. The summed E-state index contributed by atoms with van der Waals surface area (Å²) in [7, 11) is -3.77. The van der Waals surface area contributed by atoms with E-state index >= 15 is 0 Å². The van der Waals surface area contributed by atoms with Gasteiger partial charge in [0.2, 0.25) is 15.9 Å². The van der Waals surface area contributed by atoms with Crippen LogP contribution in [0.5, 0.6) is 0 Å². The van der Waals surface area contributed by atoms with Gasteiger partial charge < -0.3 is 10.6 Å². The van der Waals surface area contributed by atoms with Crippen LogP contribution in [0.15, 0.2) is 72.8 Å². The molecule has 0 heterocycles. The van der Waals surface area contributed by atoms with Crippen LogP contribution in [0.4, 0.5) is 11.4 Å². The second-order valence-corrected chi connectivity index (χ2v) is 10.1. The Kier molecular flexibility index (Phi) is 8.31. The van der Waals surface area contributed by atoms with Crippen LogP contribution in [0.1, 0.15) is 21.5 Å². The third-order valence-corrected chi connectivity index (χ3v) is 6.67. The van der Waals surface area contributed by atoms with Crippen molar-refractivity contribution in [2.45, 2.75) is 13.3 Å². The summed E-state index contributed by atoms with van der Waals surface area (Å²) in [6.07, 6.45) is 1.69. The molecule has 0 saturated carbocycles. The summed E-state index contributed by atoms with van der Waals surface area (Å²) < 4.78 is 25.7. The number of nitrogens with zero attached hydrogens (tertiary/aromatic N) is 1. The molecule has 0 fully saturated rings. The molecule has 0 aromatic heterocycles. The second-order valence-electron chi connectivity index (χ2n) is 7.79. The minimum absolute atomic E-state index is 0.278. The summed E-state index contributed by atoms with van der Waals surface area (Å²) in [5.74, 6) is -0.927. The third kappa shape index (κ3) is 6.82. The highest BCUT2D eigenvalue weighted by Crippen LogP contribution is 2.25. The van der Waals surface area contributed by atoms with Crippen molar-refractivity contribution in [2.75, 3.05) is 29.0 Å². The Labute approximate surface area is 204 Å². The first-order chi connectivity index (χ1) is 16.1. The van der Waals surface area contributed by atoms with Gasteiger partial charge in [-0.05, 0) is 48.7 Å². The summed E-state index contributed by atoms with van der Waals surface area (Å²) >= 11 is 6.14. The van der Waals surface area contributed by atoms with Gasteiger partial charge in [-0.3, -0.25) is 13.9 Å². The lowest BCUT2D eigenvalue weighted by Crippen LogP contribution is -2.37. The number of halogens is 1. The van der Waals surface area contributed by atoms with Crippen LogP contribution < -0.4 is 14.9 Å². The van der Waals surface area contributed by atoms with Gasteiger partial charge in [0.05, 0.1) is 23.2 Å². The first kappa shape index (κ1) is 25.3. The van der Waals surface area contributed by atoms with Gasteiger partial charge in [-0.2, -0.15) is 0 Å². The van der Waals surface area contributed by atoms with Crippen molar-refractivity contribution < 1.29 is 18.0 Å². The standard InChI is InChI=1S/C25H26ClN3O4S/c1-18-12-13-20(16-22(18)26)29(34(2,32)33)17-24(30)28-23-11-7-6-10-21(23)25(31)27-15-14-19-8-4-3-5-9-19/h3-13,16H,14-15,17H2,1-2H3,(H,27,31)(H,28,30). The largest absolute Gasteiger partial charge is 0.352 e. The highest BCUT2D eigenvalue weighted by molar-refractivity contribution is 7.92. The second kappa shape index (κ2) is 11.2. The highest BCUT2D eigenvalue weighted by Gasteiger charge is 2.22. The Morgan fingerprint density at radius 2 is 1.65 bits per heavy atom. The van der Waals surface area contributed by atoms with E-state index in [1.54, 1.807) is 43.3 Å². The number of aryl methyl sites for hydroxylation is 1. The SMILES string of the molecule is Cc1ccc(N(CC(=O)Nc2ccccc2C(=O)NCCc2ccccc2)S(C)(=O)=O)cc1Cl. The predicted octanol–water partition coefficient (Wildman–Crippen LogP) is 4.03. The normalized spacial score (nSPS) is 11.0. The molecule has 178 valence electrons. The molecule has 2 N–H and O–H groups in total. The van der Waals surface area contributed by atoms with Crippen molar-refractivity contribution >= 4 is 44.8 Å². The quantitative estimate of drug-likeness (QED) is 0.464. The Morgan fingerprint density at radius 1 is 0.971 bits per heavy atom. The number of carbonyl (C=O) groups is 2. The predicted molar refractivity (Wildman–Crippen MR) is 136 cm³/mol. The Hall–Kier alpha value is -3.36. The zero-order chi connectivity index (χ0) is 24.7. The zero-order valence-electron chi connectivity index (χ0n) is 18.9. The lowest BCUT2D eigenvalue weighted by atomic mass is 10.1. The van der Waals surface area contributed by atoms with Crippen LogP contribution in [-0.4, -0.2) is 39.6 Å². The fraction of sp³-hybridized carbons (Fsp3) is 0.200. The molecule has 3 aromatic carbocycles. The van der Waals surface area contributed by atoms with Crippen LogP contribution in [0.2, 0.25) is 5.02 Å². The van der Waals surface area contributed by atoms with Gasteiger partial charge in [-0.15, -0.1) is 0 Å². The fourth-order valence-corrected chi connectivity index (χ4v) is 4.33. The smallest absolute Gasteiger partial charge is 0.253 e. The molecular formula is C25H26ClN3O4S. The summed E-state index contributed by atoms with van der Waals surface area (Å²) in [6, 6.07) is 21.1. The Morgan fingerprint density at radius 3 is 2.32 bits per heavy atom. The number of sulfonamides is 1. The number of carbonyl (C=O) groups excluding carboxylic acids is 2. The van der Waals surface area contributed by atoms with Crippen molar-refractivity contribution in [3.63, 3.8) is 0 Å². The summed E-state index contributed by atoms with van der Waals surface area (Å²) in [5.41, 5.74) is 2.74. The maximum Gasteiger partial charge on any atom is 0.253 e. The third-order valence-electron chi connectivity index (χ3n) is 5.12. The van der Waals surface area contributed by atoms with E-state index in [1.165, 1.54) is 6.07 Å². The molecule has 0 atom stereocenters.